The zero-order valence-electron chi connectivity index (χ0n) is 13.2. The largest absolute Gasteiger partial charge is 0.299 e. The molecule has 0 amide bonds. The Morgan fingerprint density at radius 3 is 2.92 bits per heavy atom. The molecule has 0 atom stereocenters. The third kappa shape index (κ3) is 2.27. The Kier molecular flexibility index (Phi) is 3.52. The first kappa shape index (κ1) is 15.1. The lowest BCUT2D eigenvalue weighted by Crippen LogP contribution is -2.62. The van der Waals surface area contributed by atoms with Gasteiger partial charge in [-0.05, 0) is 12.6 Å². The van der Waals surface area contributed by atoms with Gasteiger partial charge in [-0.3, -0.25) is 9.58 Å². The molecule has 7 nitrogen and oxygen atoms in total. The summed E-state index contributed by atoms with van der Waals surface area (Å²) >= 11 is 6.10. The van der Waals surface area contributed by atoms with E-state index in [1.165, 1.54) is 0 Å². The van der Waals surface area contributed by atoms with Gasteiger partial charge in [0, 0.05) is 24.8 Å². The van der Waals surface area contributed by atoms with E-state index in [1.54, 1.807) is 23.1 Å². The third-order valence-electron chi connectivity index (χ3n) is 4.59. The fourth-order valence-electron chi connectivity index (χ4n) is 3.31. The van der Waals surface area contributed by atoms with Crippen LogP contribution in [0.2, 0.25) is 5.15 Å². The lowest BCUT2D eigenvalue weighted by molar-refractivity contribution is 0.00951. The van der Waals surface area contributed by atoms with Crippen LogP contribution >= 0.6 is 11.6 Å². The van der Waals surface area contributed by atoms with E-state index in [1.807, 2.05) is 16.9 Å². The number of halogens is 1. The molecule has 0 aliphatic carbocycles. The summed E-state index contributed by atoms with van der Waals surface area (Å²) in [6, 6.07) is 4.19. The van der Waals surface area contributed by atoms with Crippen molar-refractivity contribution in [3.8, 4) is 17.3 Å². The molecule has 8 heteroatoms. The van der Waals surface area contributed by atoms with E-state index in [-0.39, 0.29) is 5.54 Å². The van der Waals surface area contributed by atoms with Crippen molar-refractivity contribution in [2.24, 2.45) is 0 Å². The van der Waals surface area contributed by atoms with Crippen molar-refractivity contribution in [3.05, 3.63) is 36.0 Å². The minimum Gasteiger partial charge on any atom is -0.299 e. The number of nitriles is 1. The number of hydrogen-bond donors (Lipinski definition) is 0. The SMILES string of the molecule is CCN1CC(CC#N)(n2cc(-c3nc(Cl)cn4nccc34)cn2)C1. The Balaban J connectivity index is 1.74. The van der Waals surface area contributed by atoms with Crippen LogP contribution in [0, 0.1) is 11.3 Å². The van der Waals surface area contributed by atoms with Crippen LogP contribution in [0.5, 0.6) is 0 Å². The van der Waals surface area contributed by atoms with Crippen LogP contribution in [0.15, 0.2) is 30.9 Å². The normalized spacial score (nSPS) is 16.9. The summed E-state index contributed by atoms with van der Waals surface area (Å²) in [5, 5.41) is 18.3. The first-order valence-electron chi connectivity index (χ1n) is 7.80. The van der Waals surface area contributed by atoms with Crippen molar-refractivity contribution in [1.29, 1.82) is 5.26 Å². The number of nitrogens with zero attached hydrogens (tertiary/aromatic N) is 7. The molecule has 1 aliphatic rings. The number of likely N-dealkylation sites (tertiary alicyclic amines) is 1. The van der Waals surface area contributed by atoms with Crippen LogP contribution in [-0.4, -0.2) is 48.9 Å². The fourth-order valence-corrected chi connectivity index (χ4v) is 3.49. The van der Waals surface area contributed by atoms with Gasteiger partial charge < -0.3 is 0 Å². The molecule has 0 radical (unpaired) electrons. The quantitative estimate of drug-likeness (QED) is 0.727. The average Bonchev–Trinajstić information content (AvgIpc) is 3.18. The molecule has 1 saturated heterocycles. The maximum atomic E-state index is 9.21. The highest BCUT2D eigenvalue weighted by Crippen LogP contribution is 2.33. The second-order valence-corrected chi connectivity index (χ2v) is 6.50. The van der Waals surface area contributed by atoms with Crippen molar-refractivity contribution >= 4 is 17.1 Å². The highest BCUT2D eigenvalue weighted by Gasteiger charge is 2.44. The standard InChI is InChI=1S/C16H16ClN7/c1-2-22-10-16(11-22,4-5-18)24-8-12(7-20-24)15-13-3-6-19-23(13)9-14(17)21-15/h3,6-9H,2,4,10-11H2,1H3. The van der Waals surface area contributed by atoms with Crippen LogP contribution < -0.4 is 0 Å². The van der Waals surface area contributed by atoms with E-state index in [4.69, 9.17) is 11.6 Å². The highest BCUT2D eigenvalue weighted by atomic mass is 35.5. The number of likely N-dealkylation sites (N-methyl/N-ethyl adjacent to an activating group) is 1. The number of hydrogen-bond acceptors (Lipinski definition) is 5. The average molecular weight is 342 g/mol. The topological polar surface area (TPSA) is 75.0 Å². The van der Waals surface area contributed by atoms with Crippen molar-refractivity contribution in [2.75, 3.05) is 19.6 Å². The van der Waals surface area contributed by atoms with Gasteiger partial charge in [-0.25, -0.2) is 9.50 Å². The van der Waals surface area contributed by atoms with Gasteiger partial charge in [0.1, 0.15) is 16.4 Å². The molecule has 4 rings (SSSR count). The molecule has 3 aromatic rings. The minimum absolute atomic E-state index is 0.252. The molecule has 1 aliphatic heterocycles. The summed E-state index contributed by atoms with van der Waals surface area (Å²) in [5.74, 6) is 0. The first-order chi connectivity index (χ1) is 11.6. The second-order valence-electron chi connectivity index (χ2n) is 6.11. The lowest BCUT2D eigenvalue weighted by atomic mass is 9.87. The van der Waals surface area contributed by atoms with Crippen LogP contribution in [0.4, 0.5) is 0 Å². The number of fused-ring (bicyclic) bond motifs is 1. The van der Waals surface area contributed by atoms with E-state index in [0.717, 1.165) is 36.4 Å². The summed E-state index contributed by atoms with van der Waals surface area (Å²) in [6.07, 6.45) is 7.56. The molecule has 1 fully saturated rings. The van der Waals surface area contributed by atoms with Gasteiger partial charge in [0.25, 0.3) is 0 Å². The Labute approximate surface area is 144 Å². The Morgan fingerprint density at radius 1 is 1.33 bits per heavy atom. The monoisotopic (exact) mass is 341 g/mol. The fraction of sp³-hybridized carbons (Fsp3) is 0.375. The predicted octanol–water partition coefficient (Wildman–Crippen LogP) is 2.19. The summed E-state index contributed by atoms with van der Waals surface area (Å²) in [7, 11) is 0. The van der Waals surface area contributed by atoms with Crippen LogP contribution in [0.1, 0.15) is 13.3 Å². The maximum Gasteiger partial charge on any atom is 0.148 e. The number of aromatic nitrogens is 5. The first-order valence-corrected chi connectivity index (χ1v) is 8.18. The van der Waals surface area contributed by atoms with Gasteiger partial charge in [0.05, 0.1) is 36.6 Å². The minimum atomic E-state index is -0.252. The molecule has 0 bridgehead atoms. The molecule has 4 heterocycles. The maximum absolute atomic E-state index is 9.21. The smallest absolute Gasteiger partial charge is 0.148 e. The molecule has 24 heavy (non-hydrogen) atoms. The molecule has 0 saturated carbocycles. The molecule has 122 valence electrons. The molecule has 0 N–H and O–H groups in total. The second kappa shape index (κ2) is 5.58. The molecule has 0 spiro atoms. The zero-order chi connectivity index (χ0) is 16.7. The van der Waals surface area contributed by atoms with Gasteiger partial charge >= 0.3 is 0 Å². The molecule has 0 aromatic carbocycles. The van der Waals surface area contributed by atoms with Gasteiger partial charge in [0.2, 0.25) is 0 Å². The van der Waals surface area contributed by atoms with Crippen molar-refractivity contribution in [1.82, 2.24) is 29.3 Å². The molecule has 0 unspecified atom stereocenters. The lowest BCUT2D eigenvalue weighted by Gasteiger charge is -2.48. The number of rotatable bonds is 4. The van der Waals surface area contributed by atoms with E-state index < -0.39 is 0 Å². The summed E-state index contributed by atoms with van der Waals surface area (Å²) in [6.45, 7) is 4.77. The third-order valence-corrected chi connectivity index (χ3v) is 4.78. The van der Waals surface area contributed by atoms with Gasteiger partial charge in [-0.1, -0.05) is 18.5 Å². The van der Waals surface area contributed by atoms with Crippen molar-refractivity contribution in [2.45, 2.75) is 18.9 Å². The molecular formula is C16H16ClN7. The molecule has 3 aromatic heterocycles. The Hall–Kier alpha value is -2.43. The Morgan fingerprint density at radius 2 is 2.17 bits per heavy atom. The highest BCUT2D eigenvalue weighted by molar-refractivity contribution is 6.29. The summed E-state index contributed by atoms with van der Waals surface area (Å²) < 4.78 is 3.61. The van der Waals surface area contributed by atoms with Crippen molar-refractivity contribution < 1.29 is 0 Å². The van der Waals surface area contributed by atoms with E-state index in [2.05, 4.69) is 33.1 Å². The molecular weight excluding hydrogens is 326 g/mol. The van der Waals surface area contributed by atoms with Gasteiger partial charge in [0.15, 0.2) is 0 Å². The van der Waals surface area contributed by atoms with Crippen LogP contribution in [-0.2, 0) is 5.54 Å². The zero-order valence-corrected chi connectivity index (χ0v) is 14.0. The summed E-state index contributed by atoms with van der Waals surface area (Å²) in [5.41, 5.74) is 2.23. The van der Waals surface area contributed by atoms with E-state index >= 15 is 0 Å². The van der Waals surface area contributed by atoms with Crippen LogP contribution in [0.3, 0.4) is 0 Å². The van der Waals surface area contributed by atoms with E-state index in [0.29, 0.717) is 11.6 Å². The van der Waals surface area contributed by atoms with Gasteiger partial charge in [-0.2, -0.15) is 15.5 Å². The van der Waals surface area contributed by atoms with E-state index in [9.17, 15) is 5.26 Å². The van der Waals surface area contributed by atoms with Gasteiger partial charge in [-0.15, -0.1) is 0 Å². The van der Waals surface area contributed by atoms with Crippen LogP contribution in [0.25, 0.3) is 16.8 Å². The predicted molar refractivity (Wildman–Crippen MR) is 89.5 cm³/mol. The van der Waals surface area contributed by atoms with Crippen molar-refractivity contribution in [3.63, 3.8) is 0 Å². The summed E-state index contributed by atoms with van der Waals surface area (Å²) in [4.78, 5) is 6.73. The Bertz CT molecular complexity index is 929.